The molecule has 3 atom stereocenters. The van der Waals surface area contributed by atoms with Gasteiger partial charge in [0.15, 0.2) is 0 Å². The first-order chi connectivity index (χ1) is 16.4. The third kappa shape index (κ3) is 5.51. The van der Waals surface area contributed by atoms with E-state index in [2.05, 4.69) is 15.6 Å². The SMILES string of the molecule is CC(C)(C)OC(=O)N1CC2C(NC(=O)c3cc(NC(=O)Cc4cc(Cl)ccc4O)ccn3)C2(C)C1. The Balaban J connectivity index is 1.33. The van der Waals surface area contributed by atoms with Gasteiger partial charge in [0.25, 0.3) is 5.91 Å². The number of aromatic nitrogens is 1. The number of pyridine rings is 1. The zero-order chi connectivity index (χ0) is 25.5. The Kier molecular flexibility index (Phi) is 6.40. The third-order valence-corrected chi connectivity index (χ3v) is 6.64. The number of hydrogen-bond acceptors (Lipinski definition) is 6. The molecule has 3 unspecified atom stereocenters. The summed E-state index contributed by atoms with van der Waals surface area (Å²) in [4.78, 5) is 43.4. The van der Waals surface area contributed by atoms with Crippen LogP contribution in [0.25, 0.3) is 0 Å². The van der Waals surface area contributed by atoms with Gasteiger partial charge in [0.05, 0.1) is 6.42 Å². The van der Waals surface area contributed by atoms with Crippen LogP contribution >= 0.6 is 11.6 Å². The average Bonchev–Trinajstić information content (AvgIpc) is 3.10. The Hall–Kier alpha value is -3.33. The highest BCUT2D eigenvalue weighted by Gasteiger charge is 2.67. The third-order valence-electron chi connectivity index (χ3n) is 6.41. The van der Waals surface area contributed by atoms with Gasteiger partial charge < -0.3 is 25.4 Å². The predicted molar refractivity (Wildman–Crippen MR) is 130 cm³/mol. The number of fused-ring (bicyclic) bond motifs is 1. The van der Waals surface area contributed by atoms with Gasteiger partial charge in [0, 0.05) is 52.9 Å². The lowest BCUT2D eigenvalue weighted by molar-refractivity contribution is -0.115. The number of amides is 3. The van der Waals surface area contributed by atoms with Gasteiger partial charge in [-0.2, -0.15) is 0 Å². The molecule has 1 aliphatic carbocycles. The first kappa shape index (κ1) is 24.8. The van der Waals surface area contributed by atoms with Gasteiger partial charge in [0.1, 0.15) is 17.0 Å². The van der Waals surface area contributed by atoms with Crippen LogP contribution in [0.2, 0.25) is 5.02 Å². The summed E-state index contributed by atoms with van der Waals surface area (Å²) in [5.74, 6) is -0.593. The lowest BCUT2D eigenvalue weighted by Gasteiger charge is -2.27. The summed E-state index contributed by atoms with van der Waals surface area (Å²) < 4.78 is 5.45. The second-order valence-electron chi connectivity index (χ2n) is 10.4. The van der Waals surface area contributed by atoms with Crippen molar-refractivity contribution in [3.8, 4) is 5.75 Å². The van der Waals surface area contributed by atoms with Gasteiger partial charge in [-0.25, -0.2) is 4.79 Å². The van der Waals surface area contributed by atoms with Crippen LogP contribution in [0.4, 0.5) is 10.5 Å². The van der Waals surface area contributed by atoms with Crippen LogP contribution in [0.1, 0.15) is 43.7 Å². The summed E-state index contributed by atoms with van der Waals surface area (Å²) >= 11 is 5.94. The summed E-state index contributed by atoms with van der Waals surface area (Å²) in [5.41, 5.74) is 0.216. The van der Waals surface area contributed by atoms with Gasteiger partial charge >= 0.3 is 6.09 Å². The molecule has 3 amide bonds. The smallest absolute Gasteiger partial charge is 0.410 e. The van der Waals surface area contributed by atoms with Gasteiger partial charge in [-0.3, -0.25) is 14.6 Å². The zero-order valence-corrected chi connectivity index (χ0v) is 20.8. The molecule has 4 rings (SSSR count). The molecule has 0 spiro atoms. The highest BCUT2D eigenvalue weighted by atomic mass is 35.5. The maximum absolute atomic E-state index is 12.8. The first-order valence-electron chi connectivity index (χ1n) is 11.4. The number of piperidine rings is 1. The van der Waals surface area contributed by atoms with E-state index in [1.54, 1.807) is 11.0 Å². The van der Waals surface area contributed by atoms with Crippen LogP contribution < -0.4 is 10.6 Å². The Morgan fingerprint density at radius 2 is 2.00 bits per heavy atom. The number of carbonyl (C=O) groups is 3. The molecule has 2 aromatic rings. The van der Waals surface area contributed by atoms with Crippen molar-refractivity contribution in [3.05, 3.63) is 52.8 Å². The van der Waals surface area contributed by atoms with Crippen LogP contribution in [0.3, 0.4) is 0 Å². The molecule has 1 aromatic carbocycles. The first-order valence-corrected chi connectivity index (χ1v) is 11.8. The van der Waals surface area contributed by atoms with E-state index < -0.39 is 5.60 Å². The Morgan fingerprint density at radius 1 is 1.26 bits per heavy atom. The summed E-state index contributed by atoms with van der Waals surface area (Å²) in [6, 6.07) is 7.51. The van der Waals surface area contributed by atoms with E-state index in [-0.39, 0.29) is 53.1 Å². The number of nitrogens with zero attached hydrogens (tertiary/aromatic N) is 2. The van der Waals surface area contributed by atoms with Crippen molar-refractivity contribution in [2.45, 2.75) is 45.8 Å². The predicted octanol–water partition coefficient (Wildman–Crippen LogP) is 3.61. The maximum atomic E-state index is 12.8. The van der Waals surface area contributed by atoms with E-state index in [1.807, 2.05) is 27.7 Å². The van der Waals surface area contributed by atoms with Crippen molar-refractivity contribution in [2.24, 2.45) is 11.3 Å². The number of phenolic OH excluding ortho intramolecular Hbond substituents is 1. The van der Waals surface area contributed by atoms with E-state index in [0.29, 0.717) is 29.4 Å². The molecule has 186 valence electrons. The lowest BCUT2D eigenvalue weighted by Crippen LogP contribution is -2.41. The minimum absolute atomic E-state index is 0.0203. The molecule has 0 bridgehead atoms. The van der Waals surface area contributed by atoms with E-state index in [4.69, 9.17) is 16.3 Å². The Labute approximate surface area is 208 Å². The molecule has 1 saturated heterocycles. The molecule has 3 N–H and O–H groups in total. The van der Waals surface area contributed by atoms with Gasteiger partial charge in [-0.05, 0) is 51.1 Å². The zero-order valence-electron chi connectivity index (χ0n) is 20.1. The number of rotatable bonds is 5. The molecule has 2 aliphatic rings. The largest absolute Gasteiger partial charge is 0.508 e. The highest BCUT2D eigenvalue weighted by Crippen LogP contribution is 2.57. The van der Waals surface area contributed by atoms with E-state index in [1.165, 1.54) is 30.5 Å². The summed E-state index contributed by atoms with van der Waals surface area (Å²) in [7, 11) is 0. The monoisotopic (exact) mass is 500 g/mol. The molecular formula is C25H29ClN4O5. The number of nitrogens with one attached hydrogen (secondary N) is 2. The molecular weight excluding hydrogens is 472 g/mol. The number of benzene rings is 1. The van der Waals surface area contributed by atoms with Crippen molar-refractivity contribution in [2.75, 3.05) is 18.4 Å². The number of aromatic hydroxyl groups is 1. The Morgan fingerprint density at radius 3 is 2.66 bits per heavy atom. The fraction of sp³-hybridized carbons (Fsp3) is 0.440. The molecule has 2 heterocycles. The molecule has 10 heteroatoms. The second kappa shape index (κ2) is 9.03. The van der Waals surface area contributed by atoms with Crippen LogP contribution in [0.15, 0.2) is 36.5 Å². The second-order valence-corrected chi connectivity index (χ2v) is 10.8. The molecule has 35 heavy (non-hydrogen) atoms. The number of ether oxygens (including phenoxy) is 1. The fourth-order valence-electron chi connectivity index (χ4n) is 4.56. The van der Waals surface area contributed by atoms with Gasteiger partial charge in [-0.1, -0.05) is 18.5 Å². The van der Waals surface area contributed by atoms with E-state index in [9.17, 15) is 19.5 Å². The molecule has 0 radical (unpaired) electrons. The van der Waals surface area contributed by atoms with Crippen LogP contribution in [-0.4, -0.2) is 57.6 Å². The molecule has 1 saturated carbocycles. The maximum Gasteiger partial charge on any atom is 0.410 e. The standard InChI is InChI=1S/C25H29ClN4O5/c1-24(2,3)35-23(34)30-12-17-21(25(17,4)13-30)29-22(33)18-11-16(7-8-27-18)28-20(32)10-14-9-15(26)5-6-19(14)31/h5-9,11,17,21,31H,10,12-13H2,1-4H3,(H,29,33)(H,27,28,32). The number of likely N-dealkylation sites (tertiary alicyclic amines) is 1. The number of phenols is 1. The minimum Gasteiger partial charge on any atom is -0.508 e. The summed E-state index contributed by atoms with van der Waals surface area (Å²) in [6.45, 7) is 8.57. The van der Waals surface area contributed by atoms with Crippen LogP contribution in [0, 0.1) is 11.3 Å². The normalized spacial score (nSPS) is 22.8. The molecule has 9 nitrogen and oxygen atoms in total. The molecule has 2 fully saturated rings. The van der Waals surface area contributed by atoms with Crippen LogP contribution in [-0.2, 0) is 16.0 Å². The van der Waals surface area contributed by atoms with E-state index in [0.717, 1.165) is 0 Å². The number of hydrogen-bond donors (Lipinski definition) is 3. The molecule has 1 aliphatic heterocycles. The van der Waals surface area contributed by atoms with Crippen molar-refractivity contribution in [1.29, 1.82) is 0 Å². The average molecular weight is 501 g/mol. The van der Waals surface area contributed by atoms with Crippen LogP contribution in [0.5, 0.6) is 5.75 Å². The molecule has 1 aromatic heterocycles. The summed E-state index contributed by atoms with van der Waals surface area (Å²) in [5, 5.41) is 16.1. The fourth-order valence-corrected chi connectivity index (χ4v) is 4.75. The van der Waals surface area contributed by atoms with Crippen molar-refractivity contribution >= 4 is 35.2 Å². The van der Waals surface area contributed by atoms with Crippen molar-refractivity contribution < 1.29 is 24.2 Å². The highest BCUT2D eigenvalue weighted by molar-refractivity contribution is 6.30. The number of anilines is 1. The van der Waals surface area contributed by atoms with Gasteiger partial charge in [0.2, 0.25) is 5.91 Å². The quantitative estimate of drug-likeness (QED) is 0.576. The minimum atomic E-state index is -0.557. The lowest BCUT2D eigenvalue weighted by atomic mass is 10.1. The van der Waals surface area contributed by atoms with Crippen molar-refractivity contribution in [3.63, 3.8) is 0 Å². The van der Waals surface area contributed by atoms with Crippen molar-refractivity contribution in [1.82, 2.24) is 15.2 Å². The topological polar surface area (TPSA) is 121 Å². The summed E-state index contributed by atoms with van der Waals surface area (Å²) in [6.07, 6.45) is 1.03. The Bertz CT molecular complexity index is 1180. The van der Waals surface area contributed by atoms with E-state index >= 15 is 0 Å². The number of carbonyl (C=O) groups excluding carboxylic acids is 3. The van der Waals surface area contributed by atoms with Gasteiger partial charge in [-0.15, -0.1) is 0 Å². The number of halogens is 1.